The van der Waals surface area contributed by atoms with E-state index in [1.807, 2.05) is 78.9 Å². The number of aromatic nitrogens is 3. The fraction of sp³-hybridized carbons (Fsp3) is 0.0400. The van der Waals surface area contributed by atoms with Crippen LogP contribution in [0.2, 0.25) is 0 Å². The average Bonchev–Trinajstić information content (AvgIpc) is 3.52. The fourth-order valence-corrected chi connectivity index (χ4v) is 4.53. The van der Waals surface area contributed by atoms with Gasteiger partial charge in [-0.25, -0.2) is 0 Å². The highest BCUT2D eigenvalue weighted by atomic mass is 32.1. The van der Waals surface area contributed by atoms with Gasteiger partial charge in [0.1, 0.15) is 5.00 Å². The summed E-state index contributed by atoms with van der Waals surface area (Å²) in [7, 11) is 0. The lowest BCUT2D eigenvalue weighted by molar-refractivity contribution is -0.141. The van der Waals surface area contributed by atoms with E-state index in [1.54, 1.807) is 23.6 Å². The van der Waals surface area contributed by atoms with Crippen LogP contribution in [-0.2, 0) is 6.18 Å². The number of H-pyrrole nitrogens is 1. The molecule has 8 heteroatoms. The molecule has 0 bridgehead atoms. The molecule has 0 unspecified atom stereocenters. The number of aromatic amines is 1. The molecule has 0 atom stereocenters. The third-order valence-electron chi connectivity index (χ3n) is 5.03. The van der Waals surface area contributed by atoms with Crippen molar-refractivity contribution in [1.82, 2.24) is 15.2 Å². The standard InChI is InChI=1S/C25H17F3N4S/c26-25(27,28)23-16-21(30-31-23)20-15-17(13-14-29-20)22-11-12-24(33-22)32(18-7-3-1-4-8-18)19-9-5-2-6-10-19/h1-16H,(H,30,31). The lowest BCUT2D eigenvalue weighted by atomic mass is 10.1. The van der Waals surface area contributed by atoms with E-state index in [-0.39, 0.29) is 5.69 Å². The number of alkyl halides is 3. The summed E-state index contributed by atoms with van der Waals surface area (Å²) in [4.78, 5) is 7.36. The second kappa shape index (κ2) is 8.55. The van der Waals surface area contributed by atoms with E-state index in [0.717, 1.165) is 32.9 Å². The van der Waals surface area contributed by atoms with E-state index in [4.69, 9.17) is 0 Å². The second-order valence-electron chi connectivity index (χ2n) is 7.24. The highest BCUT2D eigenvalue weighted by Gasteiger charge is 2.34. The molecule has 0 spiro atoms. The third-order valence-corrected chi connectivity index (χ3v) is 6.15. The van der Waals surface area contributed by atoms with Crippen molar-refractivity contribution in [2.75, 3.05) is 4.90 Å². The van der Waals surface area contributed by atoms with Crippen LogP contribution in [-0.4, -0.2) is 15.2 Å². The molecule has 0 fully saturated rings. The van der Waals surface area contributed by atoms with Crippen molar-refractivity contribution in [3.8, 4) is 21.8 Å². The van der Waals surface area contributed by atoms with Crippen molar-refractivity contribution in [3.63, 3.8) is 0 Å². The molecule has 0 aliphatic carbocycles. The third kappa shape index (κ3) is 4.38. The molecule has 0 amide bonds. The Morgan fingerprint density at radius 2 is 1.45 bits per heavy atom. The first-order valence-corrected chi connectivity index (χ1v) is 10.9. The number of hydrogen-bond donors (Lipinski definition) is 1. The van der Waals surface area contributed by atoms with Crippen LogP contribution in [0.25, 0.3) is 21.8 Å². The number of para-hydroxylation sites is 2. The zero-order chi connectivity index (χ0) is 22.8. The molecule has 3 aromatic heterocycles. The van der Waals surface area contributed by atoms with Gasteiger partial charge in [-0.3, -0.25) is 10.1 Å². The normalized spacial score (nSPS) is 11.5. The number of anilines is 3. The summed E-state index contributed by atoms with van der Waals surface area (Å²) in [6, 6.07) is 28.7. The minimum absolute atomic E-state index is 0.219. The van der Waals surface area contributed by atoms with Gasteiger partial charge in [-0.2, -0.15) is 18.3 Å². The Labute approximate surface area is 192 Å². The molecule has 0 radical (unpaired) electrons. The Balaban J connectivity index is 1.50. The van der Waals surface area contributed by atoms with Gasteiger partial charge in [-0.05, 0) is 60.2 Å². The molecule has 33 heavy (non-hydrogen) atoms. The number of benzene rings is 2. The van der Waals surface area contributed by atoms with Crippen molar-refractivity contribution in [3.05, 3.63) is 103 Å². The number of nitrogens with one attached hydrogen (secondary N) is 1. The molecular weight excluding hydrogens is 445 g/mol. The van der Waals surface area contributed by atoms with Crippen LogP contribution < -0.4 is 4.90 Å². The molecule has 0 saturated carbocycles. The number of halogens is 3. The van der Waals surface area contributed by atoms with Gasteiger partial charge in [-0.1, -0.05) is 36.4 Å². The van der Waals surface area contributed by atoms with E-state index in [1.165, 1.54) is 0 Å². The lowest BCUT2D eigenvalue weighted by Gasteiger charge is -2.23. The Hall–Kier alpha value is -3.91. The maximum Gasteiger partial charge on any atom is 0.435 e. The summed E-state index contributed by atoms with van der Waals surface area (Å²) in [5, 5.41) is 6.82. The van der Waals surface area contributed by atoms with Gasteiger partial charge in [0, 0.05) is 22.4 Å². The molecule has 0 aliphatic heterocycles. The predicted octanol–water partition coefficient (Wildman–Crippen LogP) is 7.69. The van der Waals surface area contributed by atoms with Gasteiger partial charge in [0.2, 0.25) is 0 Å². The van der Waals surface area contributed by atoms with Crippen LogP contribution in [0.3, 0.4) is 0 Å². The van der Waals surface area contributed by atoms with Gasteiger partial charge in [-0.15, -0.1) is 11.3 Å². The van der Waals surface area contributed by atoms with Gasteiger partial charge >= 0.3 is 6.18 Å². The first-order valence-electron chi connectivity index (χ1n) is 10.1. The molecule has 164 valence electrons. The number of nitrogens with zero attached hydrogens (tertiary/aromatic N) is 3. The zero-order valence-corrected chi connectivity index (χ0v) is 17.9. The minimum atomic E-state index is -4.51. The van der Waals surface area contributed by atoms with Crippen molar-refractivity contribution in [2.45, 2.75) is 6.18 Å². The molecule has 0 aliphatic rings. The molecule has 1 N–H and O–H groups in total. The van der Waals surface area contributed by atoms with Crippen LogP contribution in [0, 0.1) is 0 Å². The lowest BCUT2D eigenvalue weighted by Crippen LogP contribution is -2.07. The molecule has 5 rings (SSSR count). The Morgan fingerprint density at radius 3 is 2.06 bits per heavy atom. The number of hydrogen-bond acceptors (Lipinski definition) is 4. The van der Waals surface area contributed by atoms with E-state index in [2.05, 4.69) is 20.1 Å². The van der Waals surface area contributed by atoms with E-state index < -0.39 is 11.9 Å². The topological polar surface area (TPSA) is 44.8 Å². The smallest absolute Gasteiger partial charge is 0.302 e. The van der Waals surface area contributed by atoms with Crippen LogP contribution in [0.4, 0.5) is 29.5 Å². The summed E-state index contributed by atoms with van der Waals surface area (Å²) in [6.07, 6.45) is -2.92. The summed E-state index contributed by atoms with van der Waals surface area (Å²) in [5.41, 5.74) is 2.57. The molecule has 5 aromatic rings. The highest BCUT2D eigenvalue weighted by Crippen LogP contribution is 2.42. The van der Waals surface area contributed by atoms with Gasteiger partial charge in [0.25, 0.3) is 0 Å². The maximum atomic E-state index is 12.9. The summed E-state index contributed by atoms with van der Waals surface area (Å²) < 4.78 is 38.7. The predicted molar refractivity (Wildman–Crippen MR) is 125 cm³/mol. The Bertz CT molecular complexity index is 1320. The monoisotopic (exact) mass is 462 g/mol. The van der Waals surface area contributed by atoms with Crippen molar-refractivity contribution >= 4 is 27.7 Å². The largest absolute Gasteiger partial charge is 0.435 e. The first-order chi connectivity index (χ1) is 16.0. The Morgan fingerprint density at radius 1 is 0.788 bits per heavy atom. The zero-order valence-electron chi connectivity index (χ0n) is 17.1. The molecular formula is C25H17F3N4S. The number of rotatable bonds is 5. The maximum absolute atomic E-state index is 12.9. The highest BCUT2D eigenvalue weighted by molar-refractivity contribution is 7.19. The van der Waals surface area contributed by atoms with E-state index in [9.17, 15) is 13.2 Å². The summed E-state index contributed by atoms with van der Waals surface area (Å²) in [6.45, 7) is 0. The Kier molecular flexibility index (Phi) is 5.43. The fourth-order valence-electron chi connectivity index (χ4n) is 3.49. The van der Waals surface area contributed by atoms with Gasteiger partial charge in [0.15, 0.2) is 5.69 Å². The van der Waals surface area contributed by atoms with Crippen molar-refractivity contribution in [1.29, 1.82) is 0 Å². The second-order valence-corrected chi connectivity index (χ2v) is 8.30. The quantitative estimate of drug-likeness (QED) is 0.291. The number of thiophene rings is 1. The van der Waals surface area contributed by atoms with Crippen LogP contribution >= 0.6 is 11.3 Å². The van der Waals surface area contributed by atoms with Gasteiger partial charge in [0.05, 0.1) is 11.4 Å². The number of pyridine rings is 1. The molecule has 4 nitrogen and oxygen atoms in total. The first kappa shape index (κ1) is 21.0. The molecule has 2 aromatic carbocycles. The SMILES string of the molecule is FC(F)(F)c1cc(-c2cc(-c3ccc(N(c4ccccc4)c4ccccc4)s3)ccn2)[nH]n1. The minimum Gasteiger partial charge on any atom is -0.302 e. The molecule has 0 saturated heterocycles. The van der Waals surface area contributed by atoms with Crippen molar-refractivity contribution in [2.24, 2.45) is 0 Å². The van der Waals surface area contributed by atoms with Crippen LogP contribution in [0.1, 0.15) is 5.69 Å². The molecule has 3 heterocycles. The van der Waals surface area contributed by atoms with Crippen LogP contribution in [0.15, 0.2) is 97.2 Å². The van der Waals surface area contributed by atoms with E-state index in [0.29, 0.717) is 5.69 Å². The van der Waals surface area contributed by atoms with E-state index >= 15 is 0 Å². The van der Waals surface area contributed by atoms with Crippen molar-refractivity contribution < 1.29 is 13.2 Å². The summed E-state index contributed by atoms with van der Waals surface area (Å²) in [5.74, 6) is 0. The van der Waals surface area contributed by atoms with Crippen LogP contribution in [0.5, 0.6) is 0 Å². The van der Waals surface area contributed by atoms with Gasteiger partial charge < -0.3 is 4.90 Å². The summed E-state index contributed by atoms with van der Waals surface area (Å²) >= 11 is 1.59. The average molecular weight is 463 g/mol.